The molecule has 4 heteroatoms. The molecule has 0 saturated heterocycles. The summed E-state index contributed by atoms with van der Waals surface area (Å²) >= 11 is 0. The van der Waals surface area contributed by atoms with Gasteiger partial charge in [0.25, 0.3) is 0 Å². The minimum Gasteiger partial charge on any atom is -0.482 e. The third kappa shape index (κ3) is 2.27. The van der Waals surface area contributed by atoms with Crippen LogP contribution in [0, 0.1) is 0 Å². The molecule has 0 amide bonds. The van der Waals surface area contributed by atoms with Crippen molar-refractivity contribution in [3.05, 3.63) is 23.8 Å². The van der Waals surface area contributed by atoms with E-state index in [1.54, 1.807) is 0 Å². The van der Waals surface area contributed by atoms with Crippen molar-refractivity contribution < 1.29 is 14.6 Å². The van der Waals surface area contributed by atoms with Crippen LogP contribution in [0.4, 0.5) is 5.69 Å². The smallest absolute Gasteiger partial charge is 0.341 e. The molecule has 1 N–H and O–H groups in total. The lowest BCUT2D eigenvalue weighted by Gasteiger charge is -2.27. The largest absolute Gasteiger partial charge is 0.482 e. The van der Waals surface area contributed by atoms with Crippen LogP contribution in [-0.4, -0.2) is 31.3 Å². The minimum atomic E-state index is -0.949. The quantitative estimate of drug-likeness (QED) is 0.841. The van der Waals surface area contributed by atoms with E-state index in [1.807, 2.05) is 18.2 Å². The highest BCUT2D eigenvalue weighted by atomic mass is 16.5. The second-order valence-corrected chi connectivity index (χ2v) is 4.00. The first-order chi connectivity index (χ1) is 7.66. The summed E-state index contributed by atoms with van der Waals surface area (Å²) < 4.78 is 5.15. The number of carboxylic acids is 1. The third-order valence-corrected chi connectivity index (χ3v) is 2.76. The van der Waals surface area contributed by atoms with Crippen LogP contribution in [0.1, 0.15) is 12.0 Å². The first kappa shape index (κ1) is 10.8. The average Bonchev–Trinajstić information content (AvgIpc) is 2.26. The second kappa shape index (κ2) is 4.43. The van der Waals surface area contributed by atoms with Gasteiger partial charge in [-0.25, -0.2) is 4.79 Å². The summed E-state index contributed by atoms with van der Waals surface area (Å²) in [6.07, 6.45) is 2.16. The zero-order valence-corrected chi connectivity index (χ0v) is 9.27. The summed E-state index contributed by atoms with van der Waals surface area (Å²) in [5, 5.41) is 8.52. The molecule has 1 aromatic rings. The summed E-state index contributed by atoms with van der Waals surface area (Å²) in [4.78, 5) is 12.6. The molecule has 1 aromatic carbocycles. The average molecular weight is 221 g/mol. The van der Waals surface area contributed by atoms with Crippen molar-refractivity contribution in [1.29, 1.82) is 0 Å². The molecular weight excluding hydrogens is 206 g/mol. The molecule has 0 bridgehead atoms. The van der Waals surface area contributed by atoms with Crippen molar-refractivity contribution >= 4 is 11.7 Å². The number of anilines is 1. The van der Waals surface area contributed by atoms with Crippen molar-refractivity contribution in [3.63, 3.8) is 0 Å². The van der Waals surface area contributed by atoms with Crippen LogP contribution in [0.2, 0.25) is 0 Å². The maximum atomic E-state index is 10.4. The standard InChI is InChI=1S/C12H15NO3/c1-13-6-2-3-9-7-10(4-5-11(9)13)16-8-12(14)15/h4-5,7H,2-3,6,8H2,1H3,(H,14,15). The molecule has 16 heavy (non-hydrogen) atoms. The molecule has 2 rings (SSSR count). The Morgan fingerprint density at radius 3 is 3.12 bits per heavy atom. The highest BCUT2D eigenvalue weighted by molar-refractivity contribution is 5.68. The van der Waals surface area contributed by atoms with Gasteiger partial charge in [-0.15, -0.1) is 0 Å². The van der Waals surface area contributed by atoms with E-state index in [-0.39, 0.29) is 6.61 Å². The number of ether oxygens (including phenoxy) is 1. The molecule has 0 saturated carbocycles. The molecular formula is C12H15NO3. The van der Waals surface area contributed by atoms with E-state index < -0.39 is 5.97 Å². The molecule has 0 atom stereocenters. The van der Waals surface area contributed by atoms with Gasteiger partial charge in [0.05, 0.1) is 0 Å². The lowest BCUT2D eigenvalue weighted by Crippen LogP contribution is -2.24. The monoisotopic (exact) mass is 221 g/mol. The van der Waals surface area contributed by atoms with Crippen LogP contribution >= 0.6 is 0 Å². The molecule has 86 valence electrons. The van der Waals surface area contributed by atoms with Crippen LogP contribution in [-0.2, 0) is 11.2 Å². The predicted molar refractivity (Wildman–Crippen MR) is 61.2 cm³/mol. The van der Waals surface area contributed by atoms with Crippen LogP contribution in [0.15, 0.2) is 18.2 Å². The van der Waals surface area contributed by atoms with Crippen molar-refractivity contribution in [3.8, 4) is 5.75 Å². The SMILES string of the molecule is CN1CCCc2cc(OCC(=O)O)ccc21. The number of fused-ring (bicyclic) bond motifs is 1. The molecule has 0 spiro atoms. The molecule has 1 aliphatic rings. The minimum absolute atomic E-state index is 0.283. The lowest BCUT2D eigenvalue weighted by molar-refractivity contribution is -0.139. The molecule has 0 fully saturated rings. The predicted octanol–water partition coefficient (Wildman–Crippen LogP) is 1.53. The number of rotatable bonds is 3. The number of hydrogen-bond acceptors (Lipinski definition) is 3. The zero-order chi connectivity index (χ0) is 11.5. The van der Waals surface area contributed by atoms with E-state index in [0.29, 0.717) is 5.75 Å². The molecule has 1 aliphatic heterocycles. The Balaban J connectivity index is 2.15. The van der Waals surface area contributed by atoms with Gasteiger partial charge >= 0.3 is 5.97 Å². The van der Waals surface area contributed by atoms with E-state index >= 15 is 0 Å². The molecule has 0 aliphatic carbocycles. The maximum absolute atomic E-state index is 10.4. The van der Waals surface area contributed by atoms with E-state index in [9.17, 15) is 4.79 Å². The van der Waals surface area contributed by atoms with Gasteiger partial charge in [-0.2, -0.15) is 0 Å². The number of aliphatic carboxylic acids is 1. The second-order valence-electron chi connectivity index (χ2n) is 4.00. The van der Waals surface area contributed by atoms with E-state index in [0.717, 1.165) is 19.4 Å². The number of benzene rings is 1. The topological polar surface area (TPSA) is 49.8 Å². The number of aryl methyl sites for hydroxylation is 1. The Kier molecular flexibility index (Phi) is 2.99. The van der Waals surface area contributed by atoms with Crippen LogP contribution in [0.25, 0.3) is 0 Å². The molecule has 0 aromatic heterocycles. The van der Waals surface area contributed by atoms with Crippen LogP contribution < -0.4 is 9.64 Å². The van der Waals surface area contributed by atoms with E-state index in [4.69, 9.17) is 9.84 Å². The molecule has 0 radical (unpaired) electrons. The maximum Gasteiger partial charge on any atom is 0.341 e. The first-order valence-corrected chi connectivity index (χ1v) is 5.35. The van der Waals surface area contributed by atoms with Crippen molar-refractivity contribution in [2.45, 2.75) is 12.8 Å². The summed E-state index contributed by atoms with van der Waals surface area (Å²) in [5.41, 5.74) is 2.45. The van der Waals surface area contributed by atoms with Crippen molar-refractivity contribution in [1.82, 2.24) is 0 Å². The van der Waals surface area contributed by atoms with Gasteiger partial charge in [0.1, 0.15) is 5.75 Å². The zero-order valence-electron chi connectivity index (χ0n) is 9.27. The van der Waals surface area contributed by atoms with Crippen LogP contribution in [0.3, 0.4) is 0 Å². The summed E-state index contributed by atoms with van der Waals surface area (Å²) in [6.45, 7) is 0.789. The summed E-state index contributed by atoms with van der Waals surface area (Å²) in [5.74, 6) is -0.314. The number of hydrogen-bond donors (Lipinski definition) is 1. The number of carbonyl (C=O) groups is 1. The lowest BCUT2D eigenvalue weighted by atomic mass is 10.0. The Bertz CT molecular complexity index is 403. The number of carboxylic acid groups (broad SMARTS) is 1. The Labute approximate surface area is 94.4 Å². The fourth-order valence-electron chi connectivity index (χ4n) is 2.00. The van der Waals surface area contributed by atoms with Gasteiger partial charge < -0.3 is 14.7 Å². The van der Waals surface area contributed by atoms with E-state index in [2.05, 4.69) is 11.9 Å². The number of nitrogens with zero attached hydrogens (tertiary/aromatic N) is 1. The van der Waals surface area contributed by atoms with Gasteiger partial charge in [0.15, 0.2) is 6.61 Å². The highest BCUT2D eigenvalue weighted by Gasteiger charge is 2.14. The third-order valence-electron chi connectivity index (χ3n) is 2.76. The Morgan fingerprint density at radius 2 is 2.38 bits per heavy atom. The van der Waals surface area contributed by atoms with Gasteiger partial charge in [0, 0.05) is 19.3 Å². The van der Waals surface area contributed by atoms with Crippen LogP contribution in [0.5, 0.6) is 5.75 Å². The fraction of sp³-hybridized carbons (Fsp3) is 0.417. The van der Waals surface area contributed by atoms with Gasteiger partial charge in [-0.05, 0) is 36.6 Å². The Morgan fingerprint density at radius 1 is 1.56 bits per heavy atom. The Hall–Kier alpha value is -1.71. The molecule has 4 nitrogen and oxygen atoms in total. The summed E-state index contributed by atoms with van der Waals surface area (Å²) in [6, 6.07) is 5.75. The van der Waals surface area contributed by atoms with Crippen molar-refractivity contribution in [2.75, 3.05) is 25.1 Å². The van der Waals surface area contributed by atoms with E-state index in [1.165, 1.54) is 11.3 Å². The molecule has 0 unspecified atom stereocenters. The highest BCUT2D eigenvalue weighted by Crippen LogP contribution is 2.29. The van der Waals surface area contributed by atoms with Gasteiger partial charge in [-0.3, -0.25) is 0 Å². The first-order valence-electron chi connectivity index (χ1n) is 5.35. The normalized spacial score (nSPS) is 14.4. The fourth-order valence-corrected chi connectivity index (χ4v) is 2.00. The summed E-state index contributed by atoms with van der Waals surface area (Å²) in [7, 11) is 2.07. The molecule has 1 heterocycles. The van der Waals surface area contributed by atoms with Crippen molar-refractivity contribution in [2.24, 2.45) is 0 Å². The van der Waals surface area contributed by atoms with Gasteiger partial charge in [0.2, 0.25) is 0 Å². The van der Waals surface area contributed by atoms with Gasteiger partial charge in [-0.1, -0.05) is 0 Å².